The van der Waals surface area contributed by atoms with Crippen molar-refractivity contribution in [3.63, 3.8) is 0 Å². The Balaban J connectivity index is 1.56. The molecular weight excluding hydrogens is 390 g/mol. The van der Waals surface area contributed by atoms with E-state index in [2.05, 4.69) is 40.3 Å². The van der Waals surface area contributed by atoms with Crippen molar-refractivity contribution in [2.75, 3.05) is 59.5 Å². The van der Waals surface area contributed by atoms with Crippen LogP contribution in [-0.4, -0.2) is 81.3 Å². The van der Waals surface area contributed by atoms with Crippen molar-refractivity contribution in [3.05, 3.63) is 23.8 Å². The van der Waals surface area contributed by atoms with Crippen molar-refractivity contribution >= 4 is 5.96 Å². The summed E-state index contributed by atoms with van der Waals surface area (Å²) in [5, 5.41) is 6.86. The molecule has 0 bridgehead atoms. The van der Waals surface area contributed by atoms with Gasteiger partial charge in [-0.05, 0) is 45.2 Å². The largest absolute Gasteiger partial charge is 0.493 e. The van der Waals surface area contributed by atoms with Gasteiger partial charge in [0.05, 0.1) is 19.8 Å². The van der Waals surface area contributed by atoms with Crippen molar-refractivity contribution in [2.45, 2.75) is 52.2 Å². The van der Waals surface area contributed by atoms with Crippen molar-refractivity contribution in [1.82, 2.24) is 20.4 Å². The molecule has 1 saturated heterocycles. The third-order valence-corrected chi connectivity index (χ3v) is 6.25. The number of para-hydroxylation sites is 1. The lowest BCUT2D eigenvalue weighted by molar-refractivity contribution is 0.139. The lowest BCUT2D eigenvalue weighted by Crippen LogP contribution is -2.49. The zero-order valence-electron chi connectivity index (χ0n) is 19.7. The van der Waals surface area contributed by atoms with E-state index in [1.165, 1.54) is 25.9 Å². The molecule has 0 atom stereocenters. The molecule has 2 N–H and O–H groups in total. The average Bonchev–Trinajstić information content (AvgIpc) is 3.32. The summed E-state index contributed by atoms with van der Waals surface area (Å²) in [5.74, 6) is 2.50. The molecule has 1 aromatic carbocycles. The fourth-order valence-electron chi connectivity index (χ4n) is 4.32. The van der Waals surface area contributed by atoms with Crippen LogP contribution in [0.15, 0.2) is 23.2 Å². The zero-order chi connectivity index (χ0) is 21.9. The normalized spacial score (nSPS) is 18.9. The van der Waals surface area contributed by atoms with Crippen LogP contribution in [0.25, 0.3) is 0 Å². The third kappa shape index (κ3) is 7.28. The predicted molar refractivity (Wildman–Crippen MR) is 127 cm³/mol. The maximum atomic E-state index is 6.35. The molecule has 1 heterocycles. The SMILES string of the molecule is CCNC(=NCc1cccc(OC)c1OC1CCCC1)NCCN1CCN(CC)CC1. The molecule has 0 spiro atoms. The van der Waals surface area contributed by atoms with Crippen molar-refractivity contribution in [1.29, 1.82) is 0 Å². The summed E-state index contributed by atoms with van der Waals surface area (Å²) in [6.45, 7) is 13.5. The maximum absolute atomic E-state index is 6.35. The van der Waals surface area contributed by atoms with E-state index in [4.69, 9.17) is 14.5 Å². The number of aliphatic imine (C=N–C) groups is 1. The van der Waals surface area contributed by atoms with E-state index in [-0.39, 0.29) is 0 Å². The van der Waals surface area contributed by atoms with Gasteiger partial charge >= 0.3 is 0 Å². The van der Waals surface area contributed by atoms with Gasteiger partial charge in [0, 0.05) is 51.4 Å². The summed E-state index contributed by atoms with van der Waals surface area (Å²) in [5.41, 5.74) is 1.07. The van der Waals surface area contributed by atoms with Gasteiger partial charge < -0.3 is 25.0 Å². The number of methoxy groups -OCH3 is 1. The molecule has 0 radical (unpaired) electrons. The van der Waals surface area contributed by atoms with Gasteiger partial charge in [-0.25, -0.2) is 4.99 Å². The second-order valence-corrected chi connectivity index (χ2v) is 8.37. The number of nitrogens with zero attached hydrogens (tertiary/aromatic N) is 3. The Morgan fingerprint density at radius 1 is 1.06 bits per heavy atom. The molecule has 1 aromatic rings. The van der Waals surface area contributed by atoms with Crippen molar-refractivity contribution in [3.8, 4) is 11.5 Å². The minimum absolute atomic E-state index is 0.290. The van der Waals surface area contributed by atoms with Crippen LogP contribution in [0, 0.1) is 0 Å². The first kappa shape index (κ1) is 23.7. The molecule has 7 heteroatoms. The van der Waals surface area contributed by atoms with Crippen LogP contribution in [0.3, 0.4) is 0 Å². The predicted octanol–water partition coefficient (Wildman–Crippen LogP) is 2.71. The molecule has 7 nitrogen and oxygen atoms in total. The van der Waals surface area contributed by atoms with Crippen LogP contribution in [0.2, 0.25) is 0 Å². The van der Waals surface area contributed by atoms with E-state index in [0.717, 1.165) is 75.1 Å². The van der Waals surface area contributed by atoms with Crippen LogP contribution in [-0.2, 0) is 6.54 Å². The highest BCUT2D eigenvalue weighted by molar-refractivity contribution is 5.79. The molecule has 174 valence electrons. The summed E-state index contributed by atoms with van der Waals surface area (Å²) in [4.78, 5) is 9.87. The first-order chi connectivity index (χ1) is 15.2. The molecule has 2 fully saturated rings. The summed E-state index contributed by atoms with van der Waals surface area (Å²) in [6, 6.07) is 6.08. The van der Waals surface area contributed by atoms with Gasteiger partial charge in [0.25, 0.3) is 0 Å². The molecular formula is C24H41N5O2. The van der Waals surface area contributed by atoms with Gasteiger partial charge in [-0.3, -0.25) is 4.90 Å². The van der Waals surface area contributed by atoms with E-state index < -0.39 is 0 Å². The number of nitrogens with one attached hydrogen (secondary N) is 2. The standard InChI is InChI=1S/C24H41N5O2/c1-4-25-24(26-13-14-29-17-15-28(5-2)16-18-29)27-19-20-9-8-12-22(30-3)23(20)31-21-10-6-7-11-21/h8-9,12,21H,4-7,10-11,13-19H2,1-3H3,(H2,25,26,27). The monoisotopic (exact) mass is 431 g/mol. The van der Waals surface area contributed by atoms with Gasteiger partial charge in [-0.2, -0.15) is 0 Å². The van der Waals surface area contributed by atoms with Crippen LogP contribution < -0.4 is 20.1 Å². The third-order valence-electron chi connectivity index (χ3n) is 6.25. The number of hydrogen-bond donors (Lipinski definition) is 2. The Morgan fingerprint density at radius 3 is 2.48 bits per heavy atom. The van der Waals surface area contributed by atoms with E-state index in [1.54, 1.807) is 7.11 Å². The quantitative estimate of drug-likeness (QED) is 0.439. The van der Waals surface area contributed by atoms with Crippen LogP contribution in [0.1, 0.15) is 45.1 Å². The maximum Gasteiger partial charge on any atom is 0.191 e. The van der Waals surface area contributed by atoms with E-state index in [9.17, 15) is 0 Å². The first-order valence-corrected chi connectivity index (χ1v) is 12.0. The Labute approximate surface area is 188 Å². The lowest BCUT2D eigenvalue weighted by atomic mass is 10.1. The Kier molecular flexibility index (Phi) is 9.75. The molecule has 31 heavy (non-hydrogen) atoms. The smallest absolute Gasteiger partial charge is 0.191 e. The van der Waals surface area contributed by atoms with Crippen molar-refractivity contribution in [2.24, 2.45) is 4.99 Å². The Hall–Kier alpha value is -1.99. The molecule has 1 aliphatic heterocycles. The van der Waals surface area contributed by atoms with Gasteiger partial charge in [0.2, 0.25) is 0 Å². The van der Waals surface area contributed by atoms with E-state index in [0.29, 0.717) is 12.6 Å². The number of guanidine groups is 1. The zero-order valence-corrected chi connectivity index (χ0v) is 19.7. The van der Waals surface area contributed by atoms with Crippen molar-refractivity contribution < 1.29 is 9.47 Å². The molecule has 3 rings (SSSR count). The summed E-state index contributed by atoms with van der Waals surface area (Å²) < 4.78 is 11.9. The second kappa shape index (κ2) is 12.8. The number of hydrogen-bond acceptors (Lipinski definition) is 5. The highest BCUT2D eigenvalue weighted by Gasteiger charge is 2.20. The Bertz CT molecular complexity index is 683. The van der Waals surface area contributed by atoms with Gasteiger partial charge in [-0.1, -0.05) is 19.1 Å². The fraction of sp³-hybridized carbons (Fsp3) is 0.708. The lowest BCUT2D eigenvalue weighted by Gasteiger charge is -2.34. The summed E-state index contributed by atoms with van der Waals surface area (Å²) >= 11 is 0. The minimum Gasteiger partial charge on any atom is -0.493 e. The number of benzene rings is 1. The first-order valence-electron chi connectivity index (χ1n) is 12.0. The molecule has 1 saturated carbocycles. The number of rotatable bonds is 10. The number of ether oxygens (including phenoxy) is 2. The van der Waals surface area contributed by atoms with Gasteiger partial charge in [0.1, 0.15) is 0 Å². The average molecular weight is 432 g/mol. The fourth-order valence-corrected chi connectivity index (χ4v) is 4.32. The van der Waals surface area contributed by atoms with Gasteiger partial charge in [0.15, 0.2) is 17.5 Å². The number of piperazine rings is 1. The molecule has 1 aliphatic carbocycles. The van der Waals surface area contributed by atoms with Gasteiger partial charge in [-0.15, -0.1) is 0 Å². The van der Waals surface area contributed by atoms with E-state index in [1.807, 2.05) is 12.1 Å². The minimum atomic E-state index is 0.290. The highest BCUT2D eigenvalue weighted by atomic mass is 16.5. The highest BCUT2D eigenvalue weighted by Crippen LogP contribution is 2.35. The van der Waals surface area contributed by atoms with Crippen LogP contribution in [0.4, 0.5) is 0 Å². The van der Waals surface area contributed by atoms with Crippen LogP contribution >= 0.6 is 0 Å². The molecule has 0 amide bonds. The molecule has 2 aliphatic rings. The summed E-state index contributed by atoms with van der Waals surface area (Å²) in [6.07, 6.45) is 5.03. The molecule has 0 aromatic heterocycles. The topological polar surface area (TPSA) is 61.4 Å². The Morgan fingerprint density at radius 2 is 1.81 bits per heavy atom. The van der Waals surface area contributed by atoms with E-state index >= 15 is 0 Å². The summed E-state index contributed by atoms with van der Waals surface area (Å²) in [7, 11) is 1.70. The van der Waals surface area contributed by atoms with Crippen LogP contribution in [0.5, 0.6) is 11.5 Å². The second-order valence-electron chi connectivity index (χ2n) is 8.37. The number of likely N-dealkylation sites (N-methyl/N-ethyl adjacent to an activating group) is 1. The molecule has 0 unspecified atom stereocenters.